The third-order valence-corrected chi connectivity index (χ3v) is 4.88. The molecular weight excluding hydrogens is 316 g/mol. The van der Waals surface area contributed by atoms with Crippen LogP contribution in [0.2, 0.25) is 0 Å². The number of rotatable bonds is 3. The van der Waals surface area contributed by atoms with Crippen LogP contribution in [0.15, 0.2) is 42.5 Å². The standard InChI is InChI=1S/C19H20N4O2/c1-13-20-15-5-2-3-7-17(15)23(13)14-9-11-22(12-10-14)18-8-4-6-16(21-18)19(24)25/h2-8,14H,9-12H2,1H3,(H,24,25). The van der Waals surface area contributed by atoms with E-state index in [1.807, 2.05) is 12.1 Å². The predicted octanol–water partition coefficient (Wildman–Crippen LogP) is 3.28. The number of fused-ring (bicyclic) bond motifs is 1. The lowest BCUT2D eigenvalue weighted by atomic mass is 10.0. The van der Waals surface area contributed by atoms with E-state index in [1.54, 1.807) is 6.07 Å². The van der Waals surface area contributed by atoms with Crippen molar-refractivity contribution in [2.45, 2.75) is 25.8 Å². The molecule has 0 bridgehead atoms. The Morgan fingerprint density at radius 2 is 1.84 bits per heavy atom. The van der Waals surface area contributed by atoms with Crippen molar-refractivity contribution >= 4 is 22.8 Å². The van der Waals surface area contributed by atoms with Gasteiger partial charge in [0.25, 0.3) is 0 Å². The van der Waals surface area contributed by atoms with E-state index in [0.29, 0.717) is 6.04 Å². The quantitative estimate of drug-likeness (QED) is 0.795. The summed E-state index contributed by atoms with van der Waals surface area (Å²) in [6, 6.07) is 13.8. The minimum atomic E-state index is -0.989. The third-order valence-electron chi connectivity index (χ3n) is 4.88. The van der Waals surface area contributed by atoms with Crippen LogP contribution < -0.4 is 4.90 Å². The van der Waals surface area contributed by atoms with E-state index in [-0.39, 0.29) is 5.69 Å². The van der Waals surface area contributed by atoms with Crippen LogP contribution in [0.25, 0.3) is 11.0 Å². The molecule has 6 heteroatoms. The first kappa shape index (κ1) is 15.6. The molecule has 0 radical (unpaired) electrons. The maximum atomic E-state index is 11.1. The van der Waals surface area contributed by atoms with E-state index < -0.39 is 5.97 Å². The maximum absolute atomic E-state index is 11.1. The summed E-state index contributed by atoms with van der Waals surface area (Å²) < 4.78 is 2.34. The van der Waals surface area contributed by atoms with Gasteiger partial charge in [-0.1, -0.05) is 18.2 Å². The highest BCUT2D eigenvalue weighted by Crippen LogP contribution is 2.30. The summed E-state index contributed by atoms with van der Waals surface area (Å²) in [5, 5.41) is 9.11. The Kier molecular flexibility index (Phi) is 3.87. The number of carboxylic acid groups (broad SMARTS) is 1. The normalized spacial score (nSPS) is 15.6. The fourth-order valence-corrected chi connectivity index (χ4v) is 3.70. The molecule has 25 heavy (non-hydrogen) atoms. The molecule has 6 nitrogen and oxygen atoms in total. The highest BCUT2D eigenvalue weighted by atomic mass is 16.4. The lowest BCUT2D eigenvalue weighted by Gasteiger charge is -2.34. The van der Waals surface area contributed by atoms with Crippen LogP contribution in [0.4, 0.5) is 5.82 Å². The number of benzene rings is 1. The number of imidazole rings is 1. The minimum absolute atomic E-state index is 0.0936. The topological polar surface area (TPSA) is 71.2 Å². The first-order valence-corrected chi connectivity index (χ1v) is 8.52. The Bertz CT molecular complexity index is 926. The molecule has 1 fully saturated rings. The number of nitrogens with zero attached hydrogens (tertiary/aromatic N) is 4. The van der Waals surface area contributed by atoms with E-state index in [4.69, 9.17) is 5.11 Å². The van der Waals surface area contributed by atoms with Gasteiger partial charge in [-0.3, -0.25) is 0 Å². The molecule has 3 heterocycles. The van der Waals surface area contributed by atoms with Crippen molar-refractivity contribution in [2.75, 3.05) is 18.0 Å². The van der Waals surface area contributed by atoms with Gasteiger partial charge in [-0.2, -0.15) is 0 Å². The van der Waals surface area contributed by atoms with Crippen LogP contribution in [0.3, 0.4) is 0 Å². The van der Waals surface area contributed by atoms with Crippen LogP contribution in [-0.2, 0) is 0 Å². The molecule has 2 aromatic heterocycles. The van der Waals surface area contributed by atoms with Crippen LogP contribution in [0, 0.1) is 6.92 Å². The van der Waals surface area contributed by atoms with Crippen LogP contribution >= 0.6 is 0 Å². The molecule has 1 aliphatic rings. The summed E-state index contributed by atoms with van der Waals surface area (Å²) in [5.74, 6) is 0.799. The number of piperidine rings is 1. The first-order valence-electron chi connectivity index (χ1n) is 8.52. The van der Waals surface area contributed by atoms with Crippen molar-refractivity contribution in [3.63, 3.8) is 0 Å². The molecule has 3 aromatic rings. The Hall–Kier alpha value is -2.89. The molecule has 0 saturated carbocycles. The second kappa shape index (κ2) is 6.20. The second-order valence-corrected chi connectivity index (χ2v) is 6.42. The zero-order chi connectivity index (χ0) is 17.4. The van der Waals surface area contributed by atoms with Crippen molar-refractivity contribution in [2.24, 2.45) is 0 Å². The molecule has 1 saturated heterocycles. The summed E-state index contributed by atoms with van der Waals surface area (Å²) in [5.41, 5.74) is 2.32. The third kappa shape index (κ3) is 2.84. The summed E-state index contributed by atoms with van der Waals surface area (Å²) >= 11 is 0. The number of carboxylic acids is 1. The predicted molar refractivity (Wildman–Crippen MR) is 96.2 cm³/mol. The zero-order valence-corrected chi connectivity index (χ0v) is 14.1. The van der Waals surface area contributed by atoms with Gasteiger partial charge in [-0.15, -0.1) is 0 Å². The van der Waals surface area contributed by atoms with Gasteiger partial charge in [0, 0.05) is 19.1 Å². The van der Waals surface area contributed by atoms with E-state index in [9.17, 15) is 4.79 Å². The molecule has 1 aromatic carbocycles. The molecule has 0 aliphatic carbocycles. The largest absolute Gasteiger partial charge is 0.477 e. The molecule has 0 unspecified atom stereocenters. The Morgan fingerprint density at radius 1 is 1.08 bits per heavy atom. The fourth-order valence-electron chi connectivity index (χ4n) is 3.70. The number of para-hydroxylation sites is 2. The van der Waals surface area contributed by atoms with E-state index in [1.165, 1.54) is 11.6 Å². The van der Waals surface area contributed by atoms with Gasteiger partial charge in [0.15, 0.2) is 5.69 Å². The smallest absolute Gasteiger partial charge is 0.354 e. The monoisotopic (exact) mass is 336 g/mol. The number of hydrogen-bond donors (Lipinski definition) is 1. The van der Waals surface area contributed by atoms with Crippen molar-refractivity contribution in [1.82, 2.24) is 14.5 Å². The van der Waals surface area contributed by atoms with Crippen molar-refractivity contribution in [1.29, 1.82) is 0 Å². The summed E-state index contributed by atoms with van der Waals surface area (Å²) in [7, 11) is 0. The van der Waals surface area contributed by atoms with Crippen LogP contribution in [-0.4, -0.2) is 38.7 Å². The van der Waals surface area contributed by atoms with Crippen molar-refractivity contribution < 1.29 is 9.90 Å². The summed E-state index contributed by atoms with van der Waals surface area (Å²) in [6.07, 6.45) is 1.97. The van der Waals surface area contributed by atoms with Gasteiger partial charge in [-0.05, 0) is 44.0 Å². The van der Waals surface area contributed by atoms with E-state index in [0.717, 1.165) is 43.1 Å². The number of aromatic nitrogens is 3. The van der Waals surface area contributed by atoms with Gasteiger partial charge in [0.1, 0.15) is 11.6 Å². The van der Waals surface area contributed by atoms with Gasteiger partial charge < -0.3 is 14.6 Å². The Balaban J connectivity index is 1.54. The SMILES string of the molecule is Cc1nc2ccccc2n1C1CCN(c2cccc(C(=O)O)n2)CC1. The van der Waals surface area contributed by atoms with Crippen molar-refractivity contribution in [3.05, 3.63) is 54.0 Å². The summed E-state index contributed by atoms with van der Waals surface area (Å²) in [4.78, 5) is 22.2. The molecule has 128 valence electrons. The molecule has 0 spiro atoms. The second-order valence-electron chi connectivity index (χ2n) is 6.42. The van der Waals surface area contributed by atoms with E-state index in [2.05, 4.69) is 44.6 Å². The first-order chi connectivity index (χ1) is 12.1. The van der Waals surface area contributed by atoms with E-state index >= 15 is 0 Å². The van der Waals surface area contributed by atoms with Crippen LogP contribution in [0.1, 0.15) is 35.2 Å². The highest BCUT2D eigenvalue weighted by Gasteiger charge is 2.24. The number of hydrogen-bond acceptors (Lipinski definition) is 4. The Labute approximate surface area is 145 Å². The molecule has 0 amide bonds. The molecule has 1 aliphatic heterocycles. The lowest BCUT2D eigenvalue weighted by Crippen LogP contribution is -2.35. The molecule has 4 rings (SSSR count). The lowest BCUT2D eigenvalue weighted by molar-refractivity contribution is 0.0690. The van der Waals surface area contributed by atoms with Crippen molar-refractivity contribution in [3.8, 4) is 0 Å². The van der Waals surface area contributed by atoms with Gasteiger partial charge in [0.05, 0.1) is 11.0 Å². The average Bonchev–Trinajstić information content (AvgIpc) is 2.97. The fraction of sp³-hybridized carbons (Fsp3) is 0.316. The van der Waals surface area contributed by atoms with Gasteiger partial charge >= 0.3 is 5.97 Å². The number of aryl methyl sites for hydroxylation is 1. The number of pyridine rings is 1. The summed E-state index contributed by atoms with van der Waals surface area (Å²) in [6.45, 7) is 3.77. The number of carbonyl (C=O) groups is 1. The number of aromatic carboxylic acids is 1. The number of anilines is 1. The zero-order valence-electron chi connectivity index (χ0n) is 14.1. The van der Waals surface area contributed by atoms with Gasteiger partial charge in [0.2, 0.25) is 0 Å². The molecule has 1 N–H and O–H groups in total. The van der Waals surface area contributed by atoms with Gasteiger partial charge in [-0.25, -0.2) is 14.8 Å². The molecular formula is C19H20N4O2. The highest BCUT2D eigenvalue weighted by molar-refractivity contribution is 5.85. The molecule has 0 atom stereocenters. The van der Waals surface area contributed by atoms with Crippen LogP contribution in [0.5, 0.6) is 0 Å². The Morgan fingerprint density at radius 3 is 2.60 bits per heavy atom. The minimum Gasteiger partial charge on any atom is -0.477 e. The maximum Gasteiger partial charge on any atom is 0.354 e. The average molecular weight is 336 g/mol.